The van der Waals surface area contributed by atoms with Gasteiger partial charge in [0, 0.05) is 7.05 Å². The predicted octanol–water partition coefficient (Wildman–Crippen LogP) is -0.487. The van der Waals surface area contributed by atoms with Gasteiger partial charge < -0.3 is 14.7 Å². The van der Waals surface area contributed by atoms with Gasteiger partial charge in [0.15, 0.2) is 6.10 Å². The van der Waals surface area contributed by atoms with Gasteiger partial charge in [-0.25, -0.2) is 9.59 Å². The van der Waals surface area contributed by atoms with E-state index in [0.717, 1.165) is 4.90 Å². The fourth-order valence-corrected chi connectivity index (χ4v) is 2.07. The van der Waals surface area contributed by atoms with Gasteiger partial charge in [0.25, 0.3) is 0 Å². The van der Waals surface area contributed by atoms with Gasteiger partial charge >= 0.3 is 12.0 Å². The molecule has 0 spiro atoms. The number of hydrogen-bond acceptors (Lipinski definition) is 4. The van der Waals surface area contributed by atoms with Crippen LogP contribution in [0.25, 0.3) is 0 Å². The van der Waals surface area contributed by atoms with Crippen molar-refractivity contribution in [1.29, 1.82) is 0 Å². The summed E-state index contributed by atoms with van der Waals surface area (Å²) in [4.78, 5) is 36.2. The summed E-state index contributed by atoms with van der Waals surface area (Å²) in [5, 5.41) is 8.76. The number of ether oxygens (including phenoxy) is 1. The average Bonchev–Trinajstić information content (AvgIpc) is 2.80. The number of urea groups is 1. The average molecular weight is 242 g/mol. The molecular formula is C10H14N2O5. The number of rotatable bonds is 3. The molecule has 2 aliphatic heterocycles. The van der Waals surface area contributed by atoms with E-state index >= 15 is 0 Å². The van der Waals surface area contributed by atoms with E-state index in [-0.39, 0.29) is 31.1 Å². The number of aliphatic carboxylic acids is 1. The van der Waals surface area contributed by atoms with Gasteiger partial charge in [-0.3, -0.25) is 9.69 Å². The minimum atomic E-state index is -0.997. The molecule has 2 fully saturated rings. The molecule has 2 atom stereocenters. The molecule has 0 aliphatic carbocycles. The molecule has 0 aromatic rings. The quantitative estimate of drug-likeness (QED) is 0.675. The molecule has 3 amide bonds. The Morgan fingerprint density at radius 1 is 1.47 bits per heavy atom. The van der Waals surface area contributed by atoms with Crippen LogP contribution < -0.4 is 0 Å². The largest absolute Gasteiger partial charge is 0.479 e. The summed E-state index contributed by atoms with van der Waals surface area (Å²) < 4.78 is 5.25. The first-order valence-corrected chi connectivity index (χ1v) is 5.42. The number of carboxylic acid groups (broad SMARTS) is 1. The molecule has 7 heteroatoms. The van der Waals surface area contributed by atoms with E-state index in [4.69, 9.17) is 9.84 Å². The number of hydrogen-bond donors (Lipinski definition) is 1. The molecule has 2 rings (SSSR count). The van der Waals surface area contributed by atoms with Crippen LogP contribution in [0.1, 0.15) is 12.8 Å². The first kappa shape index (κ1) is 11.8. The lowest BCUT2D eigenvalue weighted by molar-refractivity contribution is -0.149. The highest BCUT2D eigenvalue weighted by molar-refractivity contribution is 6.01. The van der Waals surface area contributed by atoms with Gasteiger partial charge in [-0.05, 0) is 12.8 Å². The van der Waals surface area contributed by atoms with Crippen molar-refractivity contribution in [2.45, 2.75) is 25.0 Å². The topological polar surface area (TPSA) is 87.2 Å². The van der Waals surface area contributed by atoms with Crippen LogP contribution in [0, 0.1) is 0 Å². The number of imide groups is 1. The molecule has 2 aliphatic rings. The third-order valence-corrected chi connectivity index (χ3v) is 3.00. The molecule has 17 heavy (non-hydrogen) atoms. The van der Waals surface area contributed by atoms with Crippen LogP contribution in [-0.2, 0) is 14.3 Å². The maximum absolute atomic E-state index is 11.6. The summed E-state index contributed by atoms with van der Waals surface area (Å²) in [6.45, 7) is 0.222. The van der Waals surface area contributed by atoms with Crippen molar-refractivity contribution >= 4 is 17.9 Å². The van der Waals surface area contributed by atoms with E-state index in [0.29, 0.717) is 12.8 Å². The SMILES string of the molecule is CN1CC(=O)N(CC2CCC(C(=O)O)O2)C1=O. The highest BCUT2D eigenvalue weighted by atomic mass is 16.5. The number of carbonyl (C=O) groups is 3. The van der Waals surface area contributed by atoms with Crippen LogP contribution in [0.4, 0.5) is 4.79 Å². The lowest BCUT2D eigenvalue weighted by Gasteiger charge is -2.18. The first-order valence-electron chi connectivity index (χ1n) is 5.42. The summed E-state index contributed by atoms with van der Waals surface area (Å²) in [7, 11) is 1.55. The molecule has 7 nitrogen and oxygen atoms in total. The number of likely N-dealkylation sites (N-methyl/N-ethyl adjacent to an activating group) is 1. The minimum Gasteiger partial charge on any atom is -0.479 e. The molecule has 0 bridgehead atoms. The van der Waals surface area contributed by atoms with E-state index in [1.165, 1.54) is 4.90 Å². The van der Waals surface area contributed by atoms with E-state index in [1.807, 2.05) is 0 Å². The Kier molecular flexibility index (Phi) is 3.01. The molecule has 0 saturated carbocycles. The molecule has 1 N–H and O–H groups in total. The molecule has 0 aromatic heterocycles. The lowest BCUT2D eigenvalue weighted by Crippen LogP contribution is -2.38. The molecule has 0 aromatic carbocycles. The highest BCUT2D eigenvalue weighted by Crippen LogP contribution is 2.22. The normalized spacial score (nSPS) is 29.2. The van der Waals surface area contributed by atoms with Crippen molar-refractivity contribution in [3.63, 3.8) is 0 Å². The first-order chi connectivity index (χ1) is 7.99. The maximum atomic E-state index is 11.6. The molecule has 2 unspecified atom stereocenters. The maximum Gasteiger partial charge on any atom is 0.332 e. The second-order valence-corrected chi connectivity index (χ2v) is 4.31. The van der Waals surface area contributed by atoms with Crippen LogP contribution in [-0.4, -0.2) is 65.2 Å². The Morgan fingerprint density at radius 3 is 2.65 bits per heavy atom. The summed E-state index contributed by atoms with van der Waals surface area (Å²) in [6.07, 6.45) is -0.204. The van der Waals surface area contributed by atoms with Crippen molar-refractivity contribution < 1.29 is 24.2 Å². The van der Waals surface area contributed by atoms with Crippen LogP contribution >= 0.6 is 0 Å². The van der Waals surface area contributed by atoms with Gasteiger partial charge in [-0.2, -0.15) is 0 Å². The third kappa shape index (κ3) is 2.23. The highest BCUT2D eigenvalue weighted by Gasteiger charge is 2.38. The minimum absolute atomic E-state index is 0.0773. The second-order valence-electron chi connectivity index (χ2n) is 4.31. The molecule has 2 heterocycles. The Labute approximate surface area is 97.9 Å². The Hall–Kier alpha value is -1.63. The molecule has 0 radical (unpaired) electrons. The zero-order valence-electron chi connectivity index (χ0n) is 9.46. The van der Waals surface area contributed by atoms with Crippen molar-refractivity contribution in [3.05, 3.63) is 0 Å². The lowest BCUT2D eigenvalue weighted by atomic mass is 10.2. The van der Waals surface area contributed by atoms with Gasteiger partial charge in [0.2, 0.25) is 5.91 Å². The number of amides is 3. The van der Waals surface area contributed by atoms with Crippen molar-refractivity contribution in [3.8, 4) is 0 Å². The van der Waals surface area contributed by atoms with Gasteiger partial charge in [-0.15, -0.1) is 0 Å². The molecular weight excluding hydrogens is 228 g/mol. The van der Waals surface area contributed by atoms with Crippen LogP contribution in [0.2, 0.25) is 0 Å². The fraction of sp³-hybridized carbons (Fsp3) is 0.700. The Balaban J connectivity index is 1.92. The monoisotopic (exact) mass is 242 g/mol. The van der Waals surface area contributed by atoms with Crippen molar-refractivity contribution in [1.82, 2.24) is 9.80 Å². The predicted molar refractivity (Wildman–Crippen MR) is 55.3 cm³/mol. The van der Waals surface area contributed by atoms with E-state index in [2.05, 4.69) is 0 Å². The van der Waals surface area contributed by atoms with E-state index < -0.39 is 12.1 Å². The summed E-state index contributed by atoms with van der Waals surface area (Å²) in [5.41, 5.74) is 0. The summed E-state index contributed by atoms with van der Waals surface area (Å²) in [6, 6.07) is -0.350. The van der Waals surface area contributed by atoms with Gasteiger partial charge in [0.05, 0.1) is 12.6 Å². The number of carboxylic acids is 1. The Bertz CT molecular complexity index is 370. The zero-order chi connectivity index (χ0) is 12.6. The second kappa shape index (κ2) is 4.33. The summed E-state index contributed by atoms with van der Waals surface area (Å²) >= 11 is 0. The number of nitrogens with zero attached hydrogens (tertiary/aromatic N) is 2. The number of carbonyl (C=O) groups excluding carboxylic acids is 2. The van der Waals surface area contributed by atoms with Gasteiger partial charge in [0.1, 0.15) is 6.54 Å². The standard InChI is InChI=1S/C10H14N2O5/c1-11-5-8(13)12(10(11)16)4-6-2-3-7(17-6)9(14)15/h6-7H,2-5H2,1H3,(H,14,15). The molecule has 94 valence electrons. The van der Waals surface area contributed by atoms with Crippen molar-refractivity contribution in [2.75, 3.05) is 20.1 Å². The Morgan fingerprint density at radius 2 is 2.18 bits per heavy atom. The zero-order valence-corrected chi connectivity index (χ0v) is 9.46. The van der Waals surface area contributed by atoms with Crippen LogP contribution in [0.3, 0.4) is 0 Å². The van der Waals surface area contributed by atoms with Crippen LogP contribution in [0.5, 0.6) is 0 Å². The smallest absolute Gasteiger partial charge is 0.332 e. The fourth-order valence-electron chi connectivity index (χ4n) is 2.07. The van der Waals surface area contributed by atoms with E-state index in [9.17, 15) is 14.4 Å². The molecule has 2 saturated heterocycles. The van der Waals surface area contributed by atoms with Gasteiger partial charge in [-0.1, -0.05) is 0 Å². The van der Waals surface area contributed by atoms with Crippen LogP contribution in [0.15, 0.2) is 0 Å². The third-order valence-electron chi connectivity index (χ3n) is 3.00. The van der Waals surface area contributed by atoms with Crippen molar-refractivity contribution in [2.24, 2.45) is 0 Å². The summed E-state index contributed by atoms with van der Waals surface area (Å²) in [5.74, 6) is -1.26. The van der Waals surface area contributed by atoms with E-state index in [1.54, 1.807) is 7.05 Å².